The second kappa shape index (κ2) is 6.87. The normalized spacial score (nSPS) is 18.1. The highest BCUT2D eigenvalue weighted by Gasteiger charge is 2.36. The number of anilines is 1. The maximum Gasteiger partial charge on any atom is 0.332 e. The number of hydrogen-bond acceptors (Lipinski definition) is 7. The summed E-state index contributed by atoms with van der Waals surface area (Å²) < 4.78 is 4.80. The highest BCUT2D eigenvalue weighted by Crippen LogP contribution is 2.34. The number of piperidine rings is 1. The molecule has 9 heteroatoms. The minimum absolute atomic E-state index is 0.0633. The van der Waals surface area contributed by atoms with E-state index >= 15 is 0 Å². The third-order valence-corrected chi connectivity index (χ3v) is 3.85. The predicted octanol–water partition coefficient (Wildman–Crippen LogP) is 2.13. The minimum Gasteiger partial charge on any atom is -0.467 e. The summed E-state index contributed by atoms with van der Waals surface area (Å²) in [6.07, 6.45) is 2.58. The van der Waals surface area contributed by atoms with E-state index in [1.807, 2.05) is 0 Å². The molecular weight excluding hydrogens is 312 g/mol. The number of aromatic nitrogens is 2. The third kappa shape index (κ3) is 3.11. The number of aryl methyl sites for hydroxylation is 1. The number of methoxy groups -OCH3 is 1. The summed E-state index contributed by atoms with van der Waals surface area (Å²) in [5.41, 5.74) is 0.0666. The van der Waals surface area contributed by atoms with Crippen molar-refractivity contribution in [2.24, 2.45) is 0 Å². The SMILES string of the molecule is CCc1nc(Cl)nc(N2CCCCC2C(=O)OC)c1[N+](=O)[O-]. The van der Waals surface area contributed by atoms with E-state index in [1.54, 1.807) is 11.8 Å². The lowest BCUT2D eigenvalue weighted by atomic mass is 10.0. The largest absolute Gasteiger partial charge is 0.467 e. The molecule has 22 heavy (non-hydrogen) atoms. The van der Waals surface area contributed by atoms with Crippen molar-refractivity contribution >= 4 is 29.1 Å². The summed E-state index contributed by atoms with van der Waals surface area (Å²) >= 11 is 5.90. The van der Waals surface area contributed by atoms with Crippen molar-refractivity contribution in [1.82, 2.24) is 9.97 Å². The van der Waals surface area contributed by atoms with Crippen LogP contribution >= 0.6 is 11.6 Å². The first kappa shape index (κ1) is 16.4. The highest BCUT2D eigenvalue weighted by molar-refractivity contribution is 6.28. The molecule has 1 aliphatic heterocycles. The van der Waals surface area contributed by atoms with E-state index in [0.717, 1.165) is 12.8 Å². The molecule has 2 heterocycles. The van der Waals surface area contributed by atoms with Crippen LogP contribution in [0.5, 0.6) is 0 Å². The van der Waals surface area contributed by atoms with Crippen LogP contribution in [-0.2, 0) is 16.0 Å². The average Bonchev–Trinajstić information content (AvgIpc) is 2.52. The number of hydrogen-bond donors (Lipinski definition) is 0. The van der Waals surface area contributed by atoms with Crippen molar-refractivity contribution in [3.63, 3.8) is 0 Å². The van der Waals surface area contributed by atoms with Crippen LogP contribution in [0.1, 0.15) is 31.9 Å². The van der Waals surface area contributed by atoms with Gasteiger partial charge < -0.3 is 9.64 Å². The van der Waals surface area contributed by atoms with Gasteiger partial charge in [0.25, 0.3) is 0 Å². The van der Waals surface area contributed by atoms with Crippen molar-refractivity contribution in [3.05, 3.63) is 21.1 Å². The molecule has 0 aliphatic carbocycles. The first-order valence-electron chi connectivity index (χ1n) is 7.04. The summed E-state index contributed by atoms with van der Waals surface area (Å²) in [6.45, 7) is 2.24. The fourth-order valence-corrected chi connectivity index (χ4v) is 2.84. The van der Waals surface area contributed by atoms with E-state index in [-0.39, 0.29) is 22.5 Å². The van der Waals surface area contributed by atoms with Gasteiger partial charge in [0.05, 0.1) is 12.0 Å². The van der Waals surface area contributed by atoms with Gasteiger partial charge in [-0.1, -0.05) is 6.92 Å². The van der Waals surface area contributed by atoms with Crippen LogP contribution in [0.2, 0.25) is 5.28 Å². The zero-order valence-corrected chi connectivity index (χ0v) is 13.2. The number of nitrogens with zero attached hydrogens (tertiary/aromatic N) is 4. The van der Waals surface area contributed by atoms with E-state index in [1.165, 1.54) is 7.11 Å². The van der Waals surface area contributed by atoms with Crippen molar-refractivity contribution in [1.29, 1.82) is 0 Å². The molecule has 1 fully saturated rings. The fourth-order valence-electron chi connectivity index (χ4n) is 2.66. The molecule has 1 aromatic rings. The number of nitro groups is 1. The van der Waals surface area contributed by atoms with Gasteiger partial charge in [0.2, 0.25) is 11.1 Å². The molecule has 0 spiro atoms. The second-order valence-corrected chi connectivity index (χ2v) is 5.29. The molecule has 0 N–H and O–H groups in total. The summed E-state index contributed by atoms with van der Waals surface area (Å²) in [7, 11) is 1.30. The zero-order chi connectivity index (χ0) is 16.3. The Kier molecular flexibility index (Phi) is 5.12. The Labute approximate surface area is 132 Å². The molecule has 1 saturated heterocycles. The smallest absolute Gasteiger partial charge is 0.332 e. The van der Waals surface area contributed by atoms with Gasteiger partial charge in [0.1, 0.15) is 11.7 Å². The average molecular weight is 329 g/mol. The minimum atomic E-state index is -0.590. The topological polar surface area (TPSA) is 98.5 Å². The molecule has 1 aromatic heterocycles. The van der Waals surface area contributed by atoms with Gasteiger partial charge in [-0.2, -0.15) is 4.98 Å². The van der Waals surface area contributed by atoms with Crippen LogP contribution in [-0.4, -0.2) is 40.6 Å². The van der Waals surface area contributed by atoms with Gasteiger partial charge in [-0.3, -0.25) is 10.1 Å². The van der Waals surface area contributed by atoms with Gasteiger partial charge in [-0.25, -0.2) is 9.78 Å². The molecule has 8 nitrogen and oxygen atoms in total. The molecule has 120 valence electrons. The number of carbonyl (C=O) groups excluding carboxylic acids is 1. The van der Waals surface area contributed by atoms with Crippen LogP contribution in [0.25, 0.3) is 0 Å². The van der Waals surface area contributed by atoms with Gasteiger partial charge in [0, 0.05) is 6.54 Å². The molecule has 1 unspecified atom stereocenters. The van der Waals surface area contributed by atoms with Crippen LogP contribution in [0.3, 0.4) is 0 Å². The maximum absolute atomic E-state index is 12.0. The van der Waals surface area contributed by atoms with Gasteiger partial charge in [0.15, 0.2) is 0 Å². The molecule has 0 amide bonds. The Morgan fingerprint density at radius 2 is 2.23 bits per heavy atom. The number of esters is 1. The van der Waals surface area contributed by atoms with Crippen LogP contribution < -0.4 is 4.90 Å². The molecule has 1 aliphatic rings. The molecule has 2 rings (SSSR count). The Morgan fingerprint density at radius 3 is 2.82 bits per heavy atom. The van der Waals surface area contributed by atoms with E-state index < -0.39 is 16.9 Å². The Bertz CT molecular complexity index is 596. The van der Waals surface area contributed by atoms with E-state index in [2.05, 4.69) is 9.97 Å². The maximum atomic E-state index is 12.0. The lowest BCUT2D eigenvalue weighted by molar-refractivity contribution is -0.385. The van der Waals surface area contributed by atoms with Crippen molar-refractivity contribution in [2.45, 2.75) is 38.6 Å². The molecule has 1 atom stereocenters. The van der Waals surface area contributed by atoms with Gasteiger partial charge >= 0.3 is 11.7 Å². The number of rotatable bonds is 4. The monoisotopic (exact) mass is 328 g/mol. The molecule has 0 radical (unpaired) electrons. The van der Waals surface area contributed by atoms with E-state index in [4.69, 9.17) is 16.3 Å². The second-order valence-electron chi connectivity index (χ2n) is 4.95. The molecule has 0 saturated carbocycles. The Hall–Kier alpha value is -1.96. The molecule has 0 aromatic carbocycles. The highest BCUT2D eigenvalue weighted by atomic mass is 35.5. The number of ether oxygens (including phenoxy) is 1. The number of carbonyl (C=O) groups is 1. The van der Waals surface area contributed by atoms with Crippen LogP contribution in [0, 0.1) is 10.1 Å². The summed E-state index contributed by atoms with van der Waals surface area (Å²) in [6, 6.07) is -0.590. The van der Waals surface area contributed by atoms with Crippen molar-refractivity contribution < 1.29 is 14.5 Å². The van der Waals surface area contributed by atoms with Crippen molar-refractivity contribution in [2.75, 3.05) is 18.6 Å². The summed E-state index contributed by atoms with van der Waals surface area (Å²) in [5, 5.41) is 11.4. The van der Waals surface area contributed by atoms with E-state index in [0.29, 0.717) is 19.4 Å². The zero-order valence-electron chi connectivity index (χ0n) is 12.4. The lowest BCUT2D eigenvalue weighted by Gasteiger charge is -2.34. The Balaban J connectivity index is 2.55. The quantitative estimate of drug-likeness (QED) is 0.361. The fraction of sp³-hybridized carbons (Fsp3) is 0.615. The Morgan fingerprint density at radius 1 is 1.50 bits per heavy atom. The van der Waals surface area contributed by atoms with Gasteiger partial charge in [-0.15, -0.1) is 0 Å². The standard InChI is InChI=1S/C13H17ClN4O4/c1-3-8-10(18(20)21)11(16-13(14)15-8)17-7-5-4-6-9(17)12(19)22-2/h9H,3-7H2,1-2H3. The predicted molar refractivity (Wildman–Crippen MR) is 80.1 cm³/mol. The molecule has 0 bridgehead atoms. The first-order valence-corrected chi connectivity index (χ1v) is 7.42. The van der Waals surface area contributed by atoms with Crippen LogP contribution in [0.4, 0.5) is 11.5 Å². The number of halogens is 1. The van der Waals surface area contributed by atoms with Gasteiger partial charge in [-0.05, 0) is 37.3 Å². The lowest BCUT2D eigenvalue weighted by Crippen LogP contribution is -2.46. The van der Waals surface area contributed by atoms with Crippen LogP contribution in [0.15, 0.2) is 0 Å². The summed E-state index contributed by atoms with van der Waals surface area (Å²) in [5.74, 6) is -0.335. The van der Waals surface area contributed by atoms with E-state index in [9.17, 15) is 14.9 Å². The molecular formula is C13H17ClN4O4. The first-order chi connectivity index (χ1) is 10.5. The summed E-state index contributed by atoms with van der Waals surface area (Å²) in [4.78, 5) is 32.4. The van der Waals surface area contributed by atoms with Crippen molar-refractivity contribution in [3.8, 4) is 0 Å². The third-order valence-electron chi connectivity index (χ3n) is 3.68.